The molecule has 8 heterocycles. The van der Waals surface area contributed by atoms with Gasteiger partial charge in [-0.05, 0) is 140 Å². The van der Waals surface area contributed by atoms with Crippen molar-refractivity contribution >= 4 is 30.0 Å². The maximum atomic E-state index is 15.2. The van der Waals surface area contributed by atoms with Crippen LogP contribution < -0.4 is 20.2 Å². The molecular formula is C119H88F4N8O2PPt4+. The second-order valence-corrected chi connectivity index (χ2v) is 34.4. The number of rotatable bonds is 20. The van der Waals surface area contributed by atoms with Crippen LogP contribution in [0.25, 0.3) is 112 Å². The average Bonchev–Trinajstić information content (AvgIpc) is 0.759. The zero-order valence-electron chi connectivity index (χ0n) is 79.7. The number of benzene rings is 12. The van der Waals surface area contributed by atoms with Gasteiger partial charge in [0.1, 0.15) is 23.1 Å². The van der Waals surface area contributed by atoms with Crippen LogP contribution in [0.4, 0.5) is 23.2 Å². The van der Waals surface area contributed by atoms with Gasteiger partial charge in [0.15, 0.2) is 0 Å². The van der Waals surface area contributed by atoms with Crippen LogP contribution >= 0.6 is 7.92 Å². The normalized spacial score (nSPS) is 11.5. The van der Waals surface area contributed by atoms with Gasteiger partial charge < -0.3 is 14.4 Å². The number of nitrogens with zero attached hydrogens (tertiary/aromatic N) is 8. The smallest absolute Gasteiger partial charge is 0.513 e. The molecular weight excluding hydrogens is 2460 g/mol. The molecule has 138 heavy (non-hydrogen) atoms. The number of hydrogen-bond donors (Lipinski definition) is 0. The first-order chi connectivity index (χ1) is 67.8. The van der Waals surface area contributed by atoms with Crippen LogP contribution in [0, 0.1) is 71.8 Å². The fourth-order valence-corrected chi connectivity index (χ4v) is 18.2. The molecule has 0 fully saturated rings. The summed E-state index contributed by atoms with van der Waals surface area (Å²) in [5.41, 5.74) is 21.2. The second-order valence-electron chi connectivity index (χ2n) is 31.8. The van der Waals surface area contributed by atoms with Crippen LogP contribution in [0.15, 0.2) is 377 Å². The number of pyridine rings is 7. The Morgan fingerprint density at radius 1 is 0.377 bits per heavy atom. The zero-order valence-corrected chi connectivity index (χ0v) is 84.8. The number of anilines is 1. The summed E-state index contributed by atoms with van der Waals surface area (Å²) in [6.07, 6.45) is 15.0. The maximum Gasteiger partial charge on any atom is 2.00 e. The van der Waals surface area contributed by atoms with E-state index in [2.05, 4.69) is 299 Å². The van der Waals surface area contributed by atoms with E-state index in [9.17, 15) is 18.0 Å². The number of hydrogen-bond acceptors (Lipinski definition) is 10. The summed E-state index contributed by atoms with van der Waals surface area (Å²) in [7, 11) is 4.95. The molecule has 0 N–H and O–H groups in total. The number of fused-ring (bicyclic) bond motifs is 10. The van der Waals surface area contributed by atoms with Crippen molar-refractivity contribution in [3.63, 3.8) is 0 Å². The predicted molar refractivity (Wildman–Crippen MR) is 530 cm³/mol. The number of aromatic nitrogens is 7. The van der Waals surface area contributed by atoms with E-state index in [-0.39, 0.29) is 107 Å². The molecule has 10 nitrogen and oxygen atoms in total. The molecule has 19 heteroatoms. The van der Waals surface area contributed by atoms with E-state index >= 15 is 4.39 Å². The van der Waals surface area contributed by atoms with Crippen molar-refractivity contribution in [3.8, 4) is 118 Å². The van der Waals surface area contributed by atoms with Crippen LogP contribution in [0.3, 0.4) is 0 Å². The summed E-state index contributed by atoms with van der Waals surface area (Å²) < 4.78 is 104. The predicted octanol–water partition coefficient (Wildman–Crippen LogP) is 25.5. The largest absolute Gasteiger partial charge is 2.00 e. The van der Waals surface area contributed by atoms with Gasteiger partial charge in [0, 0.05) is 102 Å². The van der Waals surface area contributed by atoms with E-state index in [1.165, 1.54) is 51.2 Å². The molecule has 19 aromatic rings. The number of halogens is 4. The Morgan fingerprint density at radius 3 is 1.41 bits per heavy atom. The van der Waals surface area contributed by atoms with E-state index in [0.717, 1.165) is 158 Å². The van der Waals surface area contributed by atoms with Crippen molar-refractivity contribution < 1.29 is 118 Å². The third-order valence-electron chi connectivity index (χ3n) is 22.3. The fourth-order valence-electron chi connectivity index (χ4n) is 15.6. The van der Waals surface area contributed by atoms with Crippen molar-refractivity contribution in [2.75, 3.05) is 32.3 Å². The number of ether oxygens (including phenoxy) is 1. The number of carbonyl (C=O) groups excluding carboxylic acids is 1. The van der Waals surface area contributed by atoms with Gasteiger partial charge in [0.25, 0.3) is 0 Å². The van der Waals surface area contributed by atoms with Gasteiger partial charge in [0.2, 0.25) is 0 Å². The molecule has 0 saturated heterocycles. The number of carbonyl (C=O) groups is 1. The Morgan fingerprint density at radius 2 is 0.841 bits per heavy atom. The minimum absolute atomic E-state index is 0. The molecule has 12 aromatic carbocycles. The third kappa shape index (κ3) is 27.0. The van der Waals surface area contributed by atoms with Crippen LogP contribution in [0.1, 0.15) is 62.4 Å². The molecule has 1 aliphatic heterocycles. The first-order valence-electron chi connectivity index (χ1n) is 46.2. The topological polar surface area (TPSA) is 120 Å². The first-order valence-corrected chi connectivity index (χ1v) is 45.4. The van der Waals surface area contributed by atoms with Gasteiger partial charge in [-0.1, -0.05) is 181 Å². The molecule has 1 aliphatic rings. The zero-order chi connectivity index (χ0) is 96.3. The van der Waals surface area contributed by atoms with Crippen molar-refractivity contribution in [2.45, 2.75) is 44.9 Å². The summed E-state index contributed by atoms with van der Waals surface area (Å²) >= 11 is 0. The van der Waals surface area contributed by atoms with Gasteiger partial charge in [-0.25, -0.2) is 25.5 Å². The summed E-state index contributed by atoms with van der Waals surface area (Å²) in [5.74, 6) is -5.53. The van der Waals surface area contributed by atoms with Crippen LogP contribution in [-0.4, -0.2) is 68.0 Å². The van der Waals surface area contributed by atoms with Crippen LogP contribution in [-0.2, 0) is 129 Å². The SMILES string of the molecule is CN(C)c1cc2[c-]c(c1)-c1cccc(n1)CCc1cccc(n1)CCc1[c-]c-2ccc1.COc1cc(-c2[c-]c(CC[PH+](c3ccccc3)c3ccccc3)ccc2)[c-]c(-c2ccccn2)c1.[2H]c1c([2H])c([2H])c(-c2cc(-c3ccccn3)[c-]c(-c3[c-]c(C(=O)c4ncc(F)cc4F)c(F)cc3F)c2)c([2H])c1[2H].[Pt+2].[Pt+2].[Pt+2].[Pt+2].[c-]1c(CCc2ccccn2)cccc1-c1[c-]c(-c2ccccn2)cc(-c2ccccc2)c1. The van der Waals surface area contributed by atoms with E-state index in [1.807, 2.05) is 79.1 Å². The Labute approximate surface area is 869 Å². The fraction of sp³-hybridized carbons (Fsp3) is 0.0924. The van der Waals surface area contributed by atoms with Gasteiger partial charge >= 0.3 is 84.3 Å². The molecule has 8 bridgehead atoms. The van der Waals surface area contributed by atoms with Gasteiger partial charge in [-0.2, -0.15) is 113 Å². The Bertz CT molecular complexity index is 7370. The summed E-state index contributed by atoms with van der Waals surface area (Å²) in [6, 6.07) is 127. The molecule has 0 radical (unpaired) electrons. The molecule has 0 atom stereocenters. The molecule has 7 aromatic heterocycles. The van der Waals surface area contributed by atoms with E-state index in [4.69, 9.17) is 21.6 Å². The minimum Gasteiger partial charge on any atom is -0.513 e. The summed E-state index contributed by atoms with van der Waals surface area (Å²) in [5, 5.41) is 2.89. The number of aryl methyl sites for hydroxylation is 7. The molecule has 0 saturated carbocycles. The second kappa shape index (κ2) is 50.3. The quantitative estimate of drug-likeness (QED) is 0.0316. The molecule has 0 unspecified atom stereocenters. The average molecular weight is 2550 g/mol. The molecule has 0 aliphatic carbocycles. The minimum atomic E-state index is -1.38. The van der Waals surface area contributed by atoms with E-state index in [1.54, 1.807) is 31.5 Å². The van der Waals surface area contributed by atoms with Crippen molar-refractivity contribution in [3.05, 3.63) is 499 Å². The van der Waals surface area contributed by atoms with Crippen molar-refractivity contribution in [2.24, 2.45) is 0 Å². The number of methoxy groups -OCH3 is 1. The van der Waals surface area contributed by atoms with E-state index < -0.39 is 84.0 Å². The summed E-state index contributed by atoms with van der Waals surface area (Å²) in [4.78, 5) is 46.0. The molecule has 0 spiro atoms. The van der Waals surface area contributed by atoms with E-state index in [0.29, 0.717) is 24.0 Å². The van der Waals surface area contributed by atoms with Gasteiger partial charge in [-0.15, -0.1) is 99.1 Å². The third-order valence-corrected chi connectivity index (χ3v) is 25.2. The van der Waals surface area contributed by atoms with Gasteiger partial charge in [-0.3, -0.25) is 43.7 Å². The van der Waals surface area contributed by atoms with Gasteiger partial charge in [0.05, 0.1) is 50.7 Å². The number of ketones is 1. The Kier molecular flexibility index (Phi) is 34.7. The monoisotopic (exact) mass is 2550 g/mol. The maximum absolute atomic E-state index is 15.2. The standard InChI is InChI=1S/C32H26NOP.C30H22N2.C29H14F4N2O.C28H25N3.4Pt/c1-34-29-23-27(22-28(24-29)32-17-8-9-19-33-32)26-12-10-11-25(21-26)18-20-35(30-13-4-2-5-14-30)31-15-6-3-7-16-31;1-2-10-24(11-3-1)26-20-27(22-28(21-26)30-14-5-7-18-32-30)25-12-8-9-23(19-25)15-16-29-13-4-6-17-31-29;30-21-13-26(33)28(35-16-21)29(36)23-14-22(24(31)15-25(23)32)19-10-18(17-6-2-1-3-7-17)11-20(12-19)27-8-4-5-9-34-27;1-31(2)27-18-22-17-23(19-27)28-11-5-10-26(30-28)15-14-25-9-4-8-24(29-25)13-12-20-6-3-7-21(22)16-20;;;;/h2-17,19,23-24H,18,20H2,1H3;1-14,17-18,20-21H,15-16H2;1-11,13,15-16H;3-11,18-19H,12-15H2,1-2H3;;;;/q4*-2;4*+2/p+1/i;;1D,2D,3D,6D,7D;;;;;. The molecule has 0 amide bonds. The van der Waals surface area contributed by atoms with Crippen LogP contribution in [0.5, 0.6) is 5.75 Å². The molecule has 20 rings (SSSR count). The van der Waals surface area contributed by atoms with Crippen molar-refractivity contribution in [1.29, 1.82) is 0 Å². The van der Waals surface area contributed by atoms with Crippen LogP contribution in [0.2, 0.25) is 0 Å². The first kappa shape index (κ1) is 95.2. The van der Waals surface area contributed by atoms with Crippen molar-refractivity contribution in [1.82, 2.24) is 34.9 Å². The molecule has 688 valence electrons. The summed E-state index contributed by atoms with van der Waals surface area (Å²) in [6.45, 7) is 0. The Balaban J connectivity index is 0.000000159. The Hall–Kier alpha value is -13.1.